The molecule has 0 fully saturated rings. The average Bonchev–Trinajstić information content (AvgIpc) is 2.66. The van der Waals surface area contributed by atoms with Gasteiger partial charge in [-0.2, -0.15) is 0 Å². The third kappa shape index (κ3) is 4.38. The van der Waals surface area contributed by atoms with E-state index in [-0.39, 0.29) is 18.0 Å². The lowest BCUT2D eigenvalue weighted by Crippen LogP contribution is -2.10. The van der Waals surface area contributed by atoms with E-state index in [0.29, 0.717) is 22.3 Å². The lowest BCUT2D eigenvalue weighted by atomic mass is 10.00. The highest BCUT2D eigenvalue weighted by molar-refractivity contribution is 6.13. The third-order valence-electron chi connectivity index (χ3n) is 3.58. The second kappa shape index (κ2) is 8.01. The molecule has 0 unspecified atom stereocenters. The topological polar surface area (TPSA) is 86.7 Å². The molecule has 0 aliphatic rings. The molecule has 0 aliphatic heterocycles. The Morgan fingerprint density at radius 3 is 1.16 bits per heavy atom. The van der Waals surface area contributed by atoms with Crippen LogP contribution in [0.1, 0.15) is 47.9 Å². The first-order chi connectivity index (χ1) is 12.0. The van der Waals surface area contributed by atoms with Crippen molar-refractivity contribution in [1.29, 1.82) is 0 Å². The summed E-state index contributed by atoms with van der Waals surface area (Å²) in [6.07, 6.45) is -0.310. The number of rotatable bonds is 6. The summed E-state index contributed by atoms with van der Waals surface area (Å²) in [4.78, 5) is 47.1. The molecule has 0 atom stereocenters. The van der Waals surface area contributed by atoms with E-state index in [1.165, 1.54) is 62.8 Å². The summed E-state index contributed by atoms with van der Waals surface area (Å²) in [6, 6.07) is 11.8. The molecule has 0 spiro atoms. The number of carbonyl (C=O) groups excluding carboxylic acids is 4. The fourth-order valence-electron chi connectivity index (χ4n) is 2.17. The van der Waals surface area contributed by atoms with Crippen molar-refractivity contribution >= 4 is 23.5 Å². The van der Waals surface area contributed by atoms with Gasteiger partial charge in [0.2, 0.25) is 0 Å². The fourth-order valence-corrected chi connectivity index (χ4v) is 2.17. The number of carbonyl (C=O) groups is 4. The number of esters is 2. The van der Waals surface area contributed by atoms with Gasteiger partial charge in [0.15, 0.2) is 11.6 Å². The maximum absolute atomic E-state index is 12.2. The maximum Gasteiger partial charge on any atom is 0.337 e. The van der Waals surface area contributed by atoms with Crippen molar-refractivity contribution in [2.45, 2.75) is 6.42 Å². The first-order valence-electron chi connectivity index (χ1n) is 7.39. The zero-order chi connectivity index (χ0) is 18.4. The van der Waals surface area contributed by atoms with Crippen LogP contribution in [0.25, 0.3) is 0 Å². The average molecular weight is 340 g/mol. The van der Waals surface area contributed by atoms with Gasteiger partial charge in [-0.1, -0.05) is 24.3 Å². The van der Waals surface area contributed by atoms with E-state index in [1.807, 2.05) is 0 Å². The Kier molecular flexibility index (Phi) is 5.79. The van der Waals surface area contributed by atoms with Crippen molar-refractivity contribution < 1.29 is 28.7 Å². The Balaban J connectivity index is 2.05. The summed E-state index contributed by atoms with van der Waals surface area (Å²) in [5.41, 5.74) is 1.30. The quantitative estimate of drug-likeness (QED) is 0.456. The predicted molar refractivity (Wildman–Crippen MR) is 88.8 cm³/mol. The summed E-state index contributed by atoms with van der Waals surface area (Å²) in [5, 5.41) is 0. The van der Waals surface area contributed by atoms with Crippen molar-refractivity contribution in [2.24, 2.45) is 0 Å². The van der Waals surface area contributed by atoms with Crippen molar-refractivity contribution in [3.05, 3.63) is 70.8 Å². The number of hydrogen-bond donors (Lipinski definition) is 0. The molecule has 0 amide bonds. The normalized spacial score (nSPS) is 10.0. The van der Waals surface area contributed by atoms with E-state index in [9.17, 15) is 19.2 Å². The predicted octanol–water partition coefficient (Wildman–Crippen LogP) is 2.72. The van der Waals surface area contributed by atoms with E-state index in [1.54, 1.807) is 0 Å². The SMILES string of the molecule is COC(=O)c1ccc(C(=O)CC(=O)c2ccc(C(=O)OC)cc2)cc1. The number of methoxy groups -OCH3 is 2. The third-order valence-corrected chi connectivity index (χ3v) is 3.58. The van der Waals surface area contributed by atoms with Gasteiger partial charge < -0.3 is 9.47 Å². The van der Waals surface area contributed by atoms with Crippen LogP contribution in [0, 0.1) is 0 Å². The van der Waals surface area contributed by atoms with Crippen molar-refractivity contribution in [3.63, 3.8) is 0 Å². The molecule has 0 bridgehead atoms. The Labute approximate surface area is 144 Å². The van der Waals surface area contributed by atoms with Crippen LogP contribution < -0.4 is 0 Å². The minimum absolute atomic E-state index is 0.310. The van der Waals surface area contributed by atoms with Crippen molar-refractivity contribution in [1.82, 2.24) is 0 Å². The fraction of sp³-hybridized carbons (Fsp3) is 0.158. The van der Waals surface area contributed by atoms with Crippen LogP contribution in [0.4, 0.5) is 0 Å². The monoisotopic (exact) mass is 340 g/mol. The van der Waals surface area contributed by atoms with Crippen molar-refractivity contribution in [2.75, 3.05) is 14.2 Å². The molecule has 0 heterocycles. The molecule has 0 N–H and O–H groups in total. The molecule has 0 radical (unpaired) electrons. The highest BCUT2D eigenvalue weighted by atomic mass is 16.5. The van der Waals surface area contributed by atoms with E-state index in [0.717, 1.165) is 0 Å². The van der Waals surface area contributed by atoms with E-state index in [2.05, 4.69) is 9.47 Å². The van der Waals surface area contributed by atoms with Gasteiger partial charge in [0.05, 0.1) is 31.8 Å². The molecule has 2 rings (SSSR count). The van der Waals surface area contributed by atoms with Gasteiger partial charge in [-0.05, 0) is 24.3 Å². The van der Waals surface area contributed by atoms with Crippen LogP contribution in [0.2, 0.25) is 0 Å². The highest BCUT2D eigenvalue weighted by Gasteiger charge is 2.15. The summed E-state index contributed by atoms with van der Waals surface area (Å²) in [5.74, 6) is -1.72. The largest absolute Gasteiger partial charge is 0.465 e. The van der Waals surface area contributed by atoms with E-state index in [4.69, 9.17) is 0 Å². The van der Waals surface area contributed by atoms with Crippen molar-refractivity contribution in [3.8, 4) is 0 Å². The van der Waals surface area contributed by atoms with Gasteiger partial charge in [-0.3, -0.25) is 9.59 Å². The summed E-state index contributed by atoms with van der Waals surface area (Å²) in [7, 11) is 2.54. The number of Topliss-reactive ketones (excluding diaryl/α,β-unsaturated/α-hetero) is 2. The lowest BCUT2D eigenvalue weighted by Gasteiger charge is -2.04. The Hall–Kier alpha value is -3.28. The van der Waals surface area contributed by atoms with Crippen LogP contribution in [0.15, 0.2) is 48.5 Å². The first-order valence-corrected chi connectivity index (χ1v) is 7.39. The van der Waals surface area contributed by atoms with E-state index >= 15 is 0 Å². The number of ether oxygens (including phenoxy) is 2. The zero-order valence-corrected chi connectivity index (χ0v) is 13.8. The maximum atomic E-state index is 12.2. The molecular weight excluding hydrogens is 324 g/mol. The molecule has 0 aliphatic carbocycles. The number of ketones is 2. The second-order valence-corrected chi connectivity index (χ2v) is 5.16. The Morgan fingerprint density at radius 1 is 0.600 bits per heavy atom. The molecule has 0 aromatic heterocycles. The van der Waals surface area contributed by atoms with Crippen LogP contribution in [0.3, 0.4) is 0 Å². The van der Waals surface area contributed by atoms with Gasteiger partial charge in [-0.25, -0.2) is 9.59 Å². The Morgan fingerprint density at radius 2 is 0.880 bits per heavy atom. The molecule has 6 heteroatoms. The molecule has 25 heavy (non-hydrogen) atoms. The Bertz CT molecular complexity index is 733. The summed E-state index contributed by atoms with van der Waals surface area (Å²) >= 11 is 0. The minimum atomic E-state index is -0.499. The van der Waals surface area contributed by atoms with Gasteiger partial charge in [0.25, 0.3) is 0 Å². The van der Waals surface area contributed by atoms with Crippen LogP contribution in [-0.4, -0.2) is 37.7 Å². The minimum Gasteiger partial charge on any atom is -0.465 e. The van der Waals surface area contributed by atoms with Gasteiger partial charge >= 0.3 is 11.9 Å². The standard InChI is InChI=1S/C19H16O6/c1-24-18(22)14-7-3-12(4-8-14)16(20)11-17(21)13-5-9-15(10-6-13)19(23)25-2/h3-10H,11H2,1-2H3. The molecular formula is C19H16O6. The molecule has 2 aromatic carbocycles. The molecule has 0 saturated carbocycles. The van der Waals surface area contributed by atoms with Gasteiger partial charge in [0, 0.05) is 11.1 Å². The lowest BCUT2D eigenvalue weighted by molar-refractivity contribution is 0.0592. The molecule has 2 aromatic rings. The van der Waals surface area contributed by atoms with Crippen LogP contribution in [0.5, 0.6) is 0 Å². The molecule has 0 saturated heterocycles. The number of hydrogen-bond acceptors (Lipinski definition) is 6. The summed E-state index contributed by atoms with van der Waals surface area (Å²) < 4.78 is 9.17. The van der Waals surface area contributed by atoms with Gasteiger partial charge in [0.1, 0.15) is 0 Å². The van der Waals surface area contributed by atoms with Crippen LogP contribution in [-0.2, 0) is 9.47 Å². The first kappa shape index (κ1) is 18.1. The molecule has 128 valence electrons. The summed E-state index contributed by atoms with van der Waals surface area (Å²) in [6.45, 7) is 0. The van der Waals surface area contributed by atoms with E-state index < -0.39 is 11.9 Å². The molecule has 6 nitrogen and oxygen atoms in total. The zero-order valence-electron chi connectivity index (χ0n) is 13.8. The smallest absolute Gasteiger partial charge is 0.337 e. The number of benzene rings is 2. The second-order valence-electron chi connectivity index (χ2n) is 5.16. The highest BCUT2D eigenvalue weighted by Crippen LogP contribution is 2.12. The van der Waals surface area contributed by atoms with Crippen LogP contribution >= 0.6 is 0 Å². The van der Waals surface area contributed by atoms with Gasteiger partial charge in [-0.15, -0.1) is 0 Å².